The monoisotopic (exact) mass is 565 g/mol. The number of ether oxygens (including phenoxy) is 1. The van der Waals surface area contributed by atoms with Crippen molar-refractivity contribution in [1.29, 1.82) is 0 Å². The second kappa shape index (κ2) is 10.6. The number of fused-ring (bicyclic) bond motifs is 4. The molecule has 1 N–H and O–H groups in total. The minimum absolute atomic E-state index is 0.0684. The zero-order chi connectivity index (χ0) is 28.9. The summed E-state index contributed by atoms with van der Waals surface area (Å²) in [7, 11) is -0.352. The van der Waals surface area contributed by atoms with Crippen molar-refractivity contribution >= 4 is 25.1 Å². The van der Waals surface area contributed by atoms with Crippen LogP contribution in [0.15, 0.2) is 42.5 Å². The number of rotatable bonds is 6. The molecule has 0 aliphatic carbocycles. The number of piperidine rings is 1. The van der Waals surface area contributed by atoms with Crippen molar-refractivity contribution in [3.05, 3.63) is 65.1 Å². The maximum absolute atomic E-state index is 14.4. The molecule has 3 heterocycles. The summed E-state index contributed by atoms with van der Waals surface area (Å²) in [5.74, 6) is 0.719. The first kappa shape index (κ1) is 28.8. The van der Waals surface area contributed by atoms with Crippen molar-refractivity contribution < 1.29 is 18.3 Å². The number of amides is 1. The van der Waals surface area contributed by atoms with Gasteiger partial charge in [0, 0.05) is 53.7 Å². The van der Waals surface area contributed by atoms with Crippen LogP contribution in [0.2, 0.25) is 18.1 Å². The molecule has 216 valence electrons. The van der Waals surface area contributed by atoms with Crippen molar-refractivity contribution in [3.8, 4) is 5.75 Å². The van der Waals surface area contributed by atoms with Crippen molar-refractivity contribution in [1.82, 2.24) is 14.8 Å². The summed E-state index contributed by atoms with van der Waals surface area (Å²) in [4.78, 5) is 21.3. The lowest BCUT2D eigenvalue weighted by Gasteiger charge is -2.51. The lowest BCUT2D eigenvalue weighted by molar-refractivity contribution is -0.134. The highest BCUT2D eigenvalue weighted by Gasteiger charge is 2.49. The second-order valence-corrected chi connectivity index (χ2v) is 18.0. The van der Waals surface area contributed by atoms with Gasteiger partial charge in [-0.05, 0) is 67.8 Å². The lowest BCUT2D eigenvalue weighted by atomic mass is 9.68. The topological polar surface area (TPSA) is 57.8 Å². The number of hydrogen-bond acceptors (Lipinski definition) is 4. The Hall–Kier alpha value is -2.68. The number of aromatic nitrogens is 1. The molecule has 1 atom stereocenters. The molecule has 2 aliphatic heterocycles. The van der Waals surface area contributed by atoms with E-state index in [-0.39, 0.29) is 28.2 Å². The van der Waals surface area contributed by atoms with Crippen LogP contribution in [0.1, 0.15) is 63.4 Å². The van der Waals surface area contributed by atoms with Gasteiger partial charge in [-0.1, -0.05) is 39.0 Å². The predicted molar refractivity (Wildman–Crippen MR) is 161 cm³/mol. The Morgan fingerprint density at radius 3 is 2.48 bits per heavy atom. The minimum atomic E-state index is -2.04. The molecule has 2 aliphatic rings. The fourth-order valence-corrected chi connectivity index (χ4v) is 7.25. The van der Waals surface area contributed by atoms with Crippen LogP contribution < -0.4 is 4.74 Å². The Kier molecular flexibility index (Phi) is 7.65. The van der Waals surface area contributed by atoms with E-state index in [0.29, 0.717) is 19.7 Å². The fraction of sp³-hybridized carbons (Fsp3) is 0.531. The molecular weight excluding hydrogens is 521 g/mol. The van der Waals surface area contributed by atoms with Crippen molar-refractivity contribution in [2.24, 2.45) is 0 Å². The van der Waals surface area contributed by atoms with Gasteiger partial charge in [-0.3, -0.25) is 9.69 Å². The Morgan fingerprint density at radius 1 is 1.15 bits per heavy atom. The van der Waals surface area contributed by atoms with E-state index in [1.165, 1.54) is 17.0 Å². The van der Waals surface area contributed by atoms with Gasteiger partial charge in [0.2, 0.25) is 5.91 Å². The highest BCUT2D eigenvalue weighted by Crippen LogP contribution is 2.50. The molecule has 1 aromatic heterocycles. The molecule has 1 spiro atoms. The van der Waals surface area contributed by atoms with E-state index in [4.69, 9.17) is 9.16 Å². The number of aromatic amines is 1. The maximum atomic E-state index is 14.4. The SMILES string of the molecule is COc1ccc2c3c([nH]c2c1)[C@H](CO[Si](C)(C)C(C)(C)C)N(C(C)=O)CC31CCN(Cc2ccccc2F)CC1. The Balaban J connectivity index is 1.52. The minimum Gasteiger partial charge on any atom is -0.497 e. The van der Waals surface area contributed by atoms with Crippen molar-refractivity contribution in [3.63, 3.8) is 0 Å². The molecule has 1 amide bonds. The summed E-state index contributed by atoms with van der Waals surface area (Å²) in [6, 6.07) is 13.1. The van der Waals surface area contributed by atoms with Crippen LogP contribution in [0.3, 0.4) is 0 Å². The van der Waals surface area contributed by atoms with Gasteiger partial charge in [0.15, 0.2) is 8.32 Å². The summed E-state index contributed by atoms with van der Waals surface area (Å²) in [5.41, 5.74) is 3.98. The Morgan fingerprint density at radius 2 is 1.85 bits per heavy atom. The number of nitrogens with one attached hydrogen (secondary N) is 1. The van der Waals surface area contributed by atoms with Crippen molar-refractivity contribution in [2.45, 2.75) is 76.7 Å². The smallest absolute Gasteiger partial charge is 0.220 e. The highest BCUT2D eigenvalue weighted by molar-refractivity contribution is 6.74. The third-order valence-electron chi connectivity index (χ3n) is 9.73. The van der Waals surface area contributed by atoms with Crippen LogP contribution in [0.4, 0.5) is 4.39 Å². The predicted octanol–water partition coefficient (Wildman–Crippen LogP) is 6.77. The first-order chi connectivity index (χ1) is 18.8. The normalized spacial score (nSPS) is 19.7. The van der Waals surface area contributed by atoms with Gasteiger partial charge in [-0.15, -0.1) is 0 Å². The van der Waals surface area contributed by atoms with E-state index in [0.717, 1.165) is 48.5 Å². The average Bonchev–Trinajstić information content (AvgIpc) is 3.29. The number of carbonyl (C=O) groups excluding carboxylic acids is 1. The Bertz CT molecular complexity index is 1390. The molecule has 1 saturated heterocycles. The molecule has 0 radical (unpaired) electrons. The summed E-state index contributed by atoms with van der Waals surface area (Å²) in [6.45, 7) is 16.3. The lowest BCUT2D eigenvalue weighted by Crippen LogP contribution is -2.55. The van der Waals surface area contributed by atoms with E-state index in [1.54, 1.807) is 20.1 Å². The number of carbonyl (C=O) groups is 1. The standard InChI is InChI=1S/C32H44FN3O3Si/c1-22(37)36-21-32(14-16-35(17-15-32)19-23-10-8-9-11-26(23)33)29-25-13-12-24(38-5)18-27(25)34-30(29)28(36)20-39-40(6,7)31(2,3)4/h8-13,18,28,34H,14-17,19-21H2,1-7H3/t28-/m0/s1. The molecular formula is C32H44FN3O3Si. The average molecular weight is 566 g/mol. The van der Waals surface area contributed by atoms with Crippen LogP contribution in [-0.2, 0) is 21.2 Å². The quantitative estimate of drug-likeness (QED) is 0.335. The van der Waals surface area contributed by atoms with Gasteiger partial charge in [-0.2, -0.15) is 0 Å². The van der Waals surface area contributed by atoms with E-state index in [1.807, 2.05) is 23.1 Å². The first-order valence-corrected chi connectivity index (χ1v) is 17.3. The van der Waals surface area contributed by atoms with E-state index < -0.39 is 8.32 Å². The molecule has 0 saturated carbocycles. The molecule has 1 fully saturated rings. The van der Waals surface area contributed by atoms with E-state index >= 15 is 0 Å². The van der Waals surface area contributed by atoms with Crippen LogP contribution in [-0.4, -0.2) is 62.4 Å². The van der Waals surface area contributed by atoms with Crippen molar-refractivity contribution in [2.75, 3.05) is 33.4 Å². The third-order valence-corrected chi connectivity index (χ3v) is 14.2. The zero-order valence-electron chi connectivity index (χ0n) is 25.1. The molecule has 3 aromatic rings. The largest absolute Gasteiger partial charge is 0.497 e. The van der Waals surface area contributed by atoms with Gasteiger partial charge in [0.1, 0.15) is 11.6 Å². The molecule has 8 heteroatoms. The van der Waals surface area contributed by atoms with Gasteiger partial charge < -0.3 is 19.0 Å². The third kappa shape index (κ3) is 5.21. The van der Waals surface area contributed by atoms with E-state index in [9.17, 15) is 9.18 Å². The van der Waals surface area contributed by atoms with Crippen LogP contribution in [0.25, 0.3) is 10.9 Å². The maximum Gasteiger partial charge on any atom is 0.220 e. The van der Waals surface area contributed by atoms with Gasteiger partial charge in [0.25, 0.3) is 0 Å². The van der Waals surface area contributed by atoms with Crippen LogP contribution >= 0.6 is 0 Å². The summed E-state index contributed by atoms with van der Waals surface area (Å²) >= 11 is 0. The Labute approximate surface area is 239 Å². The van der Waals surface area contributed by atoms with Crippen LogP contribution in [0, 0.1) is 5.82 Å². The van der Waals surface area contributed by atoms with Gasteiger partial charge in [0.05, 0.1) is 19.8 Å². The number of likely N-dealkylation sites (tertiary alicyclic amines) is 1. The molecule has 40 heavy (non-hydrogen) atoms. The fourth-order valence-electron chi connectivity index (χ4n) is 6.24. The summed E-state index contributed by atoms with van der Waals surface area (Å²) in [5, 5.41) is 1.27. The van der Waals surface area contributed by atoms with E-state index in [2.05, 4.69) is 55.9 Å². The first-order valence-electron chi connectivity index (χ1n) is 14.4. The van der Waals surface area contributed by atoms with Gasteiger partial charge >= 0.3 is 0 Å². The summed E-state index contributed by atoms with van der Waals surface area (Å²) in [6.07, 6.45) is 1.79. The number of methoxy groups -OCH3 is 1. The number of benzene rings is 2. The molecule has 0 unspecified atom stereocenters. The second-order valence-electron chi connectivity index (χ2n) is 13.2. The van der Waals surface area contributed by atoms with Crippen LogP contribution in [0.5, 0.6) is 5.75 Å². The number of H-pyrrole nitrogens is 1. The molecule has 6 nitrogen and oxygen atoms in total. The molecule has 5 rings (SSSR count). The molecule has 2 aromatic carbocycles. The highest BCUT2D eigenvalue weighted by atomic mass is 28.4. The number of hydrogen-bond donors (Lipinski definition) is 1. The van der Waals surface area contributed by atoms with Gasteiger partial charge in [-0.25, -0.2) is 4.39 Å². The number of halogens is 1. The number of nitrogens with zero attached hydrogens (tertiary/aromatic N) is 2. The zero-order valence-corrected chi connectivity index (χ0v) is 26.1. The summed E-state index contributed by atoms with van der Waals surface area (Å²) < 4.78 is 26.7. The molecule has 0 bridgehead atoms.